The van der Waals surface area contributed by atoms with Gasteiger partial charge in [0, 0.05) is 29.9 Å². The lowest BCUT2D eigenvalue weighted by molar-refractivity contribution is -0.145. The number of pyridine rings is 1. The Balaban J connectivity index is 1.95. The van der Waals surface area contributed by atoms with Gasteiger partial charge in [-0.25, -0.2) is 0 Å². The molecule has 0 fully saturated rings. The van der Waals surface area contributed by atoms with E-state index in [1.54, 1.807) is 23.7 Å². The van der Waals surface area contributed by atoms with E-state index in [9.17, 15) is 9.90 Å². The number of fused-ring (bicyclic) bond motifs is 1. The fraction of sp³-hybridized carbons (Fsp3) is 0.333. The number of hydrogen-bond donors (Lipinski definition) is 1. The van der Waals surface area contributed by atoms with Crippen LogP contribution in [0.2, 0.25) is 0 Å². The Kier molecular flexibility index (Phi) is 3.54. The predicted molar refractivity (Wildman–Crippen MR) is 77.8 cm³/mol. The number of aromatic nitrogens is 1. The quantitative estimate of drug-likeness (QED) is 0.943. The second-order valence-electron chi connectivity index (χ2n) is 4.98. The first-order valence-electron chi connectivity index (χ1n) is 6.63. The van der Waals surface area contributed by atoms with Crippen LogP contribution in [0.5, 0.6) is 0 Å². The van der Waals surface area contributed by atoms with Gasteiger partial charge < -0.3 is 5.11 Å². The minimum Gasteiger partial charge on any atom is -0.480 e. The molecule has 0 spiro atoms. The lowest BCUT2D eigenvalue weighted by Gasteiger charge is -2.37. The number of aliphatic carboxylic acids is 1. The molecule has 1 N–H and O–H groups in total. The third-order valence-corrected chi connectivity index (χ3v) is 4.92. The molecule has 2 aromatic heterocycles. The molecule has 4 nitrogen and oxygen atoms in total. The molecule has 0 aromatic carbocycles. The van der Waals surface area contributed by atoms with Crippen molar-refractivity contribution in [3.63, 3.8) is 0 Å². The van der Waals surface area contributed by atoms with Crippen molar-refractivity contribution in [2.45, 2.75) is 25.4 Å². The maximum atomic E-state index is 11.7. The van der Waals surface area contributed by atoms with Crippen LogP contribution >= 0.6 is 11.3 Å². The lowest BCUT2D eigenvalue weighted by Crippen LogP contribution is -2.40. The molecule has 0 aliphatic carbocycles. The van der Waals surface area contributed by atoms with Crippen molar-refractivity contribution in [2.75, 3.05) is 6.54 Å². The normalized spacial score (nSPS) is 20.4. The zero-order chi connectivity index (χ0) is 14.1. The summed E-state index contributed by atoms with van der Waals surface area (Å²) in [6, 6.07) is 5.37. The number of hydrogen-bond acceptors (Lipinski definition) is 4. The summed E-state index contributed by atoms with van der Waals surface area (Å²) in [5, 5.41) is 11.6. The molecule has 2 aromatic rings. The van der Waals surface area contributed by atoms with Crippen LogP contribution in [0.4, 0.5) is 0 Å². The van der Waals surface area contributed by atoms with Gasteiger partial charge in [-0.3, -0.25) is 14.7 Å². The highest BCUT2D eigenvalue weighted by Gasteiger charge is 2.36. The molecule has 1 aliphatic heterocycles. The third-order valence-electron chi connectivity index (χ3n) is 3.92. The largest absolute Gasteiger partial charge is 0.480 e. The Bertz CT molecular complexity index is 611. The van der Waals surface area contributed by atoms with Crippen LogP contribution in [0.15, 0.2) is 36.0 Å². The van der Waals surface area contributed by atoms with E-state index in [-0.39, 0.29) is 6.04 Å². The second kappa shape index (κ2) is 5.34. The maximum absolute atomic E-state index is 11.7. The van der Waals surface area contributed by atoms with Crippen molar-refractivity contribution in [2.24, 2.45) is 0 Å². The highest BCUT2D eigenvalue weighted by atomic mass is 32.1. The molecule has 3 rings (SSSR count). The SMILES string of the molecule is CC(c1ccncc1)N1CCc2sccc2C1C(=O)O. The standard InChI is InChI=1S/C15H16N2O2S/c1-10(11-2-6-16-7-3-11)17-8-4-13-12(5-9-20-13)14(17)15(18)19/h2-3,5-7,9-10,14H,4,8H2,1H3,(H,18,19). The number of carboxylic acids is 1. The van der Waals surface area contributed by atoms with Gasteiger partial charge in [-0.1, -0.05) is 0 Å². The van der Waals surface area contributed by atoms with Crippen molar-refractivity contribution in [1.82, 2.24) is 9.88 Å². The summed E-state index contributed by atoms with van der Waals surface area (Å²) in [6.45, 7) is 2.83. The maximum Gasteiger partial charge on any atom is 0.325 e. The van der Waals surface area contributed by atoms with E-state index >= 15 is 0 Å². The molecule has 2 atom stereocenters. The topological polar surface area (TPSA) is 53.4 Å². The monoisotopic (exact) mass is 288 g/mol. The van der Waals surface area contributed by atoms with Gasteiger partial charge in [0.1, 0.15) is 6.04 Å². The molecule has 0 amide bonds. The van der Waals surface area contributed by atoms with E-state index in [0.29, 0.717) is 0 Å². The molecule has 5 heteroatoms. The van der Waals surface area contributed by atoms with Crippen molar-refractivity contribution >= 4 is 17.3 Å². The third kappa shape index (κ3) is 2.23. The van der Waals surface area contributed by atoms with E-state index in [4.69, 9.17) is 0 Å². The number of carbonyl (C=O) groups is 1. The van der Waals surface area contributed by atoms with Gasteiger partial charge in [-0.05, 0) is 48.1 Å². The van der Waals surface area contributed by atoms with Gasteiger partial charge in [0.25, 0.3) is 0 Å². The molecular formula is C15H16N2O2S. The Morgan fingerprint density at radius 3 is 2.90 bits per heavy atom. The Morgan fingerprint density at radius 2 is 2.20 bits per heavy atom. The molecule has 104 valence electrons. The van der Waals surface area contributed by atoms with E-state index in [0.717, 1.165) is 24.1 Å². The van der Waals surface area contributed by atoms with E-state index in [1.165, 1.54) is 4.88 Å². The van der Waals surface area contributed by atoms with Crippen molar-refractivity contribution in [1.29, 1.82) is 0 Å². The van der Waals surface area contributed by atoms with E-state index in [2.05, 4.69) is 16.8 Å². The molecule has 0 saturated carbocycles. The fourth-order valence-electron chi connectivity index (χ4n) is 2.86. The molecule has 0 bridgehead atoms. The minimum absolute atomic E-state index is 0.0622. The smallest absolute Gasteiger partial charge is 0.325 e. The van der Waals surface area contributed by atoms with Crippen LogP contribution in [-0.2, 0) is 11.2 Å². The van der Waals surface area contributed by atoms with Crippen molar-refractivity contribution < 1.29 is 9.90 Å². The van der Waals surface area contributed by atoms with E-state index in [1.807, 2.05) is 23.6 Å². The lowest BCUT2D eigenvalue weighted by atomic mass is 9.96. The molecular weight excluding hydrogens is 272 g/mol. The summed E-state index contributed by atoms with van der Waals surface area (Å²) in [7, 11) is 0. The first-order chi connectivity index (χ1) is 9.68. The Labute approximate surface area is 121 Å². The van der Waals surface area contributed by atoms with Crippen LogP contribution in [0.1, 0.15) is 35.0 Å². The van der Waals surface area contributed by atoms with Gasteiger partial charge in [0.2, 0.25) is 0 Å². The number of thiophene rings is 1. The number of rotatable bonds is 3. The first-order valence-corrected chi connectivity index (χ1v) is 7.51. The van der Waals surface area contributed by atoms with Gasteiger partial charge in [0.15, 0.2) is 0 Å². The molecule has 2 unspecified atom stereocenters. The highest BCUT2D eigenvalue weighted by molar-refractivity contribution is 7.10. The van der Waals surface area contributed by atoms with Crippen LogP contribution in [0.3, 0.4) is 0 Å². The van der Waals surface area contributed by atoms with Crippen LogP contribution in [0.25, 0.3) is 0 Å². The summed E-state index contributed by atoms with van der Waals surface area (Å²) in [5.74, 6) is -0.773. The number of nitrogens with zero attached hydrogens (tertiary/aromatic N) is 2. The number of carboxylic acid groups (broad SMARTS) is 1. The molecule has 20 heavy (non-hydrogen) atoms. The van der Waals surface area contributed by atoms with Gasteiger partial charge in [-0.2, -0.15) is 0 Å². The minimum atomic E-state index is -0.773. The molecule has 0 radical (unpaired) electrons. The molecule has 0 saturated heterocycles. The Morgan fingerprint density at radius 1 is 1.45 bits per heavy atom. The predicted octanol–water partition coefficient (Wildman–Crippen LogP) is 2.89. The van der Waals surface area contributed by atoms with Crippen molar-refractivity contribution in [3.05, 3.63) is 52.0 Å². The summed E-state index contributed by atoms with van der Waals surface area (Å²) in [5.41, 5.74) is 2.06. The Hall–Kier alpha value is -1.72. The average molecular weight is 288 g/mol. The van der Waals surface area contributed by atoms with Gasteiger partial charge in [-0.15, -0.1) is 11.3 Å². The van der Waals surface area contributed by atoms with E-state index < -0.39 is 12.0 Å². The molecule has 1 aliphatic rings. The average Bonchev–Trinajstić information content (AvgIpc) is 2.94. The summed E-state index contributed by atoms with van der Waals surface area (Å²) in [6.07, 6.45) is 4.43. The van der Waals surface area contributed by atoms with Crippen LogP contribution in [0, 0.1) is 0 Å². The fourth-order valence-corrected chi connectivity index (χ4v) is 3.77. The zero-order valence-electron chi connectivity index (χ0n) is 11.2. The highest BCUT2D eigenvalue weighted by Crippen LogP contribution is 2.38. The zero-order valence-corrected chi connectivity index (χ0v) is 12.0. The summed E-state index contributed by atoms with van der Waals surface area (Å²) < 4.78 is 0. The van der Waals surface area contributed by atoms with Crippen molar-refractivity contribution in [3.8, 4) is 0 Å². The summed E-state index contributed by atoms with van der Waals surface area (Å²) >= 11 is 1.66. The summed E-state index contributed by atoms with van der Waals surface area (Å²) in [4.78, 5) is 19.0. The van der Waals surface area contributed by atoms with Gasteiger partial charge >= 0.3 is 5.97 Å². The molecule has 3 heterocycles. The van der Waals surface area contributed by atoms with Crippen LogP contribution < -0.4 is 0 Å². The second-order valence-corrected chi connectivity index (χ2v) is 5.98. The van der Waals surface area contributed by atoms with Gasteiger partial charge in [0.05, 0.1) is 0 Å². The first kappa shape index (κ1) is 13.3. The van der Waals surface area contributed by atoms with Crippen LogP contribution in [-0.4, -0.2) is 27.5 Å².